The number of nitrogens with one attached hydrogen (secondary N) is 4. The van der Waals surface area contributed by atoms with Crippen molar-refractivity contribution in [1.82, 2.24) is 21.5 Å². The van der Waals surface area contributed by atoms with Crippen LogP contribution >= 0.6 is 24.4 Å². The first-order valence-corrected chi connectivity index (χ1v) is 9.34. The summed E-state index contributed by atoms with van der Waals surface area (Å²) in [6.07, 6.45) is 3.21. The van der Waals surface area contributed by atoms with Crippen molar-refractivity contribution >= 4 is 34.7 Å². The molecule has 1 saturated heterocycles. The number of hydrogen-bond acceptors (Lipinski definition) is 5. The van der Waals surface area contributed by atoms with E-state index < -0.39 is 0 Å². The number of methoxy groups -OCH3 is 2. The molecule has 9 heteroatoms. The molecule has 1 aliphatic rings. The van der Waals surface area contributed by atoms with E-state index in [4.69, 9.17) is 38.6 Å². The minimum Gasteiger partial charge on any atom is -0.493 e. The van der Waals surface area contributed by atoms with Crippen molar-refractivity contribution in [2.75, 3.05) is 33.9 Å². The Morgan fingerprint density at radius 3 is 2.50 bits per heavy atom. The zero-order chi connectivity index (χ0) is 18.8. The van der Waals surface area contributed by atoms with E-state index in [9.17, 15) is 0 Å². The van der Waals surface area contributed by atoms with E-state index in [2.05, 4.69) is 21.5 Å². The van der Waals surface area contributed by atoms with Gasteiger partial charge in [0.2, 0.25) is 0 Å². The van der Waals surface area contributed by atoms with Gasteiger partial charge in [0.15, 0.2) is 21.7 Å². The van der Waals surface area contributed by atoms with E-state index in [1.165, 1.54) is 0 Å². The molecule has 144 valence electrons. The molecule has 0 bridgehead atoms. The summed E-state index contributed by atoms with van der Waals surface area (Å²) < 4.78 is 16.1. The van der Waals surface area contributed by atoms with Gasteiger partial charge in [-0.15, -0.1) is 0 Å². The predicted octanol–water partition coefficient (Wildman–Crippen LogP) is 1.27. The number of hydrogen-bond donors (Lipinski definition) is 4. The van der Waals surface area contributed by atoms with Gasteiger partial charge in [-0.3, -0.25) is 10.9 Å². The smallest absolute Gasteiger partial charge is 0.185 e. The summed E-state index contributed by atoms with van der Waals surface area (Å²) >= 11 is 10.4. The van der Waals surface area contributed by atoms with Crippen LogP contribution in [-0.4, -0.2) is 50.2 Å². The zero-order valence-corrected chi connectivity index (χ0v) is 16.7. The molecule has 1 aromatic carbocycles. The van der Waals surface area contributed by atoms with Crippen LogP contribution in [-0.2, 0) is 11.2 Å². The van der Waals surface area contributed by atoms with E-state index in [0.717, 1.165) is 42.9 Å². The normalized spacial score (nSPS) is 15.8. The second-order valence-corrected chi connectivity index (χ2v) is 6.61. The van der Waals surface area contributed by atoms with E-state index in [1.54, 1.807) is 14.2 Å². The summed E-state index contributed by atoms with van der Waals surface area (Å²) in [5.74, 6) is 1.43. The Morgan fingerprint density at radius 1 is 1.12 bits per heavy atom. The van der Waals surface area contributed by atoms with Gasteiger partial charge in [0.25, 0.3) is 0 Å². The lowest BCUT2D eigenvalue weighted by atomic mass is 10.1. The van der Waals surface area contributed by atoms with Gasteiger partial charge in [-0.2, -0.15) is 0 Å². The molecular weight excluding hydrogens is 372 g/mol. The van der Waals surface area contributed by atoms with Gasteiger partial charge in [-0.05, 0) is 61.4 Å². The number of rotatable bonds is 7. The highest BCUT2D eigenvalue weighted by Crippen LogP contribution is 2.27. The highest BCUT2D eigenvalue weighted by Gasteiger charge is 2.15. The Bertz CT molecular complexity index is 610. The summed E-state index contributed by atoms with van der Waals surface area (Å²) in [5.41, 5.74) is 6.85. The third-order valence-corrected chi connectivity index (χ3v) is 4.44. The lowest BCUT2D eigenvalue weighted by molar-refractivity contribution is 0.114. The fraction of sp³-hybridized carbons (Fsp3) is 0.529. The largest absolute Gasteiger partial charge is 0.493 e. The fourth-order valence-corrected chi connectivity index (χ4v) is 2.86. The third-order valence-electron chi connectivity index (χ3n) is 3.95. The van der Waals surface area contributed by atoms with Gasteiger partial charge in [-0.25, -0.2) is 0 Å². The number of ether oxygens (including phenoxy) is 3. The first kappa shape index (κ1) is 20.5. The third kappa shape index (κ3) is 6.81. The van der Waals surface area contributed by atoms with Crippen molar-refractivity contribution < 1.29 is 14.2 Å². The van der Waals surface area contributed by atoms with Crippen LogP contribution in [0.15, 0.2) is 18.2 Å². The fourth-order valence-electron chi connectivity index (χ4n) is 2.57. The van der Waals surface area contributed by atoms with Gasteiger partial charge in [0, 0.05) is 19.7 Å². The molecule has 1 atom stereocenters. The van der Waals surface area contributed by atoms with Gasteiger partial charge in [0.1, 0.15) is 0 Å². The Hall–Kier alpha value is -1.84. The van der Waals surface area contributed by atoms with Crippen molar-refractivity contribution in [1.29, 1.82) is 0 Å². The lowest BCUT2D eigenvalue weighted by Gasteiger charge is -2.16. The zero-order valence-electron chi connectivity index (χ0n) is 15.1. The molecule has 26 heavy (non-hydrogen) atoms. The van der Waals surface area contributed by atoms with Crippen molar-refractivity contribution in [2.45, 2.75) is 25.4 Å². The van der Waals surface area contributed by atoms with Crippen LogP contribution in [0.2, 0.25) is 0 Å². The van der Waals surface area contributed by atoms with E-state index in [-0.39, 0.29) is 6.10 Å². The Morgan fingerprint density at radius 2 is 1.85 bits per heavy atom. The first-order valence-electron chi connectivity index (χ1n) is 8.52. The number of hydrazine groups is 1. The van der Waals surface area contributed by atoms with E-state index in [1.807, 2.05) is 18.2 Å². The summed E-state index contributed by atoms with van der Waals surface area (Å²) in [7, 11) is 3.25. The van der Waals surface area contributed by atoms with Crippen molar-refractivity contribution in [3.63, 3.8) is 0 Å². The molecule has 0 aromatic heterocycles. The van der Waals surface area contributed by atoms with Crippen LogP contribution in [0.1, 0.15) is 18.4 Å². The quantitative estimate of drug-likeness (QED) is 0.401. The highest BCUT2D eigenvalue weighted by molar-refractivity contribution is 7.80. The molecule has 1 fully saturated rings. The van der Waals surface area contributed by atoms with Crippen LogP contribution in [0.25, 0.3) is 0 Å². The molecule has 7 nitrogen and oxygen atoms in total. The molecule has 4 N–H and O–H groups in total. The Balaban J connectivity index is 1.61. The molecule has 0 radical (unpaired) electrons. The predicted molar refractivity (Wildman–Crippen MR) is 110 cm³/mol. The molecule has 0 aliphatic carbocycles. The second kappa shape index (κ2) is 11.0. The standard InChI is InChI=1S/C17H26N4O3S2/c1-22-14-6-5-12(10-15(14)23-2)7-8-18-16(25)20-21-17(26)19-11-13-4-3-9-24-13/h5-6,10,13H,3-4,7-9,11H2,1-2H3,(H2,18,20,25)(H2,19,21,26)/t13-/m0/s1. The van der Waals surface area contributed by atoms with Gasteiger partial charge in [0.05, 0.1) is 20.3 Å². The second-order valence-electron chi connectivity index (χ2n) is 5.79. The minimum absolute atomic E-state index is 0.237. The number of benzene rings is 1. The monoisotopic (exact) mass is 398 g/mol. The van der Waals surface area contributed by atoms with Crippen LogP contribution < -0.4 is 31.0 Å². The van der Waals surface area contributed by atoms with Crippen molar-refractivity contribution in [3.05, 3.63) is 23.8 Å². The average Bonchev–Trinajstić information content (AvgIpc) is 3.18. The minimum atomic E-state index is 0.237. The molecule has 1 aliphatic heterocycles. The topological polar surface area (TPSA) is 75.8 Å². The maximum absolute atomic E-state index is 5.53. The Labute approximate surface area is 165 Å². The molecule has 0 unspecified atom stereocenters. The van der Waals surface area contributed by atoms with Crippen LogP contribution in [0.3, 0.4) is 0 Å². The molecule has 0 saturated carbocycles. The molecule has 0 spiro atoms. The average molecular weight is 399 g/mol. The lowest BCUT2D eigenvalue weighted by Crippen LogP contribution is -2.51. The maximum Gasteiger partial charge on any atom is 0.185 e. The highest BCUT2D eigenvalue weighted by atomic mass is 32.1. The van der Waals surface area contributed by atoms with Crippen LogP contribution in [0.4, 0.5) is 0 Å². The summed E-state index contributed by atoms with van der Waals surface area (Å²) in [5, 5.41) is 7.20. The summed E-state index contributed by atoms with van der Waals surface area (Å²) in [4.78, 5) is 0. The summed E-state index contributed by atoms with van der Waals surface area (Å²) in [6.45, 7) is 2.21. The molecule has 2 rings (SSSR count). The molecular formula is C17H26N4O3S2. The maximum atomic E-state index is 5.53. The van der Waals surface area contributed by atoms with E-state index in [0.29, 0.717) is 23.3 Å². The first-order chi connectivity index (χ1) is 12.6. The van der Waals surface area contributed by atoms with Crippen molar-refractivity contribution in [3.8, 4) is 11.5 Å². The van der Waals surface area contributed by atoms with Crippen LogP contribution in [0.5, 0.6) is 11.5 Å². The van der Waals surface area contributed by atoms with Crippen molar-refractivity contribution in [2.24, 2.45) is 0 Å². The molecule has 1 aromatic rings. The van der Waals surface area contributed by atoms with Gasteiger partial charge in [-0.1, -0.05) is 6.07 Å². The van der Waals surface area contributed by atoms with Gasteiger partial charge >= 0.3 is 0 Å². The van der Waals surface area contributed by atoms with Gasteiger partial charge < -0.3 is 24.8 Å². The molecule has 0 amide bonds. The Kier molecular flexibility index (Phi) is 8.66. The number of thiocarbonyl (C=S) groups is 2. The summed E-state index contributed by atoms with van der Waals surface area (Å²) in [6, 6.07) is 5.85. The molecule has 1 heterocycles. The van der Waals surface area contributed by atoms with Crippen LogP contribution in [0, 0.1) is 0 Å². The SMILES string of the molecule is COc1ccc(CCNC(=S)NNC(=S)NC[C@@H]2CCCO2)cc1OC. The van der Waals surface area contributed by atoms with E-state index >= 15 is 0 Å².